The fourth-order valence-electron chi connectivity index (χ4n) is 18.8. The van der Waals surface area contributed by atoms with Gasteiger partial charge in [-0.2, -0.15) is 5.10 Å². The smallest absolute Gasteiger partial charge is 0.326 e. The molecule has 11 aromatic rings. The first kappa shape index (κ1) is 87.6. The van der Waals surface area contributed by atoms with Crippen LogP contribution in [0.1, 0.15) is 188 Å². The van der Waals surface area contributed by atoms with Crippen molar-refractivity contribution in [2.24, 2.45) is 17.8 Å². The third-order valence-electron chi connectivity index (χ3n) is 25.7. The standard InChI is InChI=1S/C33H43N5O4S.2C31H36N6O3S.4H2/c1-22(2)11-20-37-31(41)29(43-32(37)25-7-3-5-9-27(25)35-18-14-24(39)15-19-35)21-30(40)36-16-12-23(13-17-36)38-28-10-6-4-8-26(28)34-33(38)42;1-21(2)12-19-35-29(39)27(41-30(35)23-8-3-5-10-25(23)36-16-7-15-32-36)20-28(38)34-17-13-22(14-18-34)37-26-11-6-4-9-24(26)33-31(37)40;1-21(2)11-17-36-29(39)27(41-30(36)23-7-3-5-9-25(23)35-18-14-32-20-35)19-28(38)34-15-12-22(13-16-34)37-26-10-6-4-8-24(26)33-31(37)40;;;;/h3-10,22-24,29,32,39H,11-21H2,1-2H3,(H,34,42);3-11,15-16,21-22,27,30H,12-14,17-20H2,1-2H3,(H,33,40);3-10,14,18,20-22,27,30H,11-13,15-17,19H2,1-2H3,(H,33,40);4*1H/t29?,32-;;;;;;/m0....../s1. The number of para-hydroxylation sites is 9. The molecule has 12 heterocycles. The summed E-state index contributed by atoms with van der Waals surface area (Å²) in [5.74, 6) is 1.53. The number of nitrogens with zero attached hydrogens (tertiary/aromatic N) is 14. The van der Waals surface area contributed by atoms with Gasteiger partial charge in [-0.15, -0.1) is 35.3 Å². The maximum atomic E-state index is 13.9. The van der Waals surface area contributed by atoms with Crippen molar-refractivity contribution in [3.8, 4) is 11.4 Å². The molecule has 27 nitrogen and oxygen atoms in total. The Balaban J connectivity index is 0.000000173. The van der Waals surface area contributed by atoms with Crippen molar-refractivity contribution < 1.29 is 39.6 Å². The van der Waals surface area contributed by atoms with Gasteiger partial charge in [-0.1, -0.05) is 133 Å². The predicted molar refractivity (Wildman–Crippen MR) is 501 cm³/mol. The van der Waals surface area contributed by atoms with Crippen molar-refractivity contribution in [2.45, 2.75) is 188 Å². The van der Waals surface area contributed by atoms with Gasteiger partial charge in [0.25, 0.3) is 0 Å². The number of hydrogen-bond donors (Lipinski definition) is 4. The summed E-state index contributed by atoms with van der Waals surface area (Å²) in [6, 6.07) is 49.7. The number of aliphatic hydroxyl groups excluding tert-OH is 1. The number of fused-ring (bicyclic) bond motifs is 3. The molecule has 0 radical (unpaired) electrons. The number of aliphatic hydroxyl groups is 1. The number of amides is 6. The Morgan fingerprint density at radius 2 is 0.744 bits per heavy atom. The third kappa shape index (κ3) is 19.5. The van der Waals surface area contributed by atoms with Crippen LogP contribution < -0.4 is 22.0 Å². The van der Waals surface area contributed by atoms with E-state index in [9.17, 15) is 48.3 Å². The number of rotatable bonds is 24. The second-order valence-corrected chi connectivity index (χ2v) is 39.2. The number of H-pyrrole nitrogens is 3. The van der Waals surface area contributed by atoms with Gasteiger partial charge in [-0.3, -0.25) is 42.5 Å². The number of hydrogen-bond acceptors (Lipinski definition) is 16. The minimum absolute atomic E-state index is 0. The molecule has 6 amide bonds. The number of aromatic amines is 3. The lowest BCUT2D eigenvalue weighted by Crippen LogP contribution is -2.42. The summed E-state index contributed by atoms with van der Waals surface area (Å²) in [4.78, 5) is 147. The van der Waals surface area contributed by atoms with Gasteiger partial charge in [-0.05, 0) is 149 Å². The molecule has 5 unspecified atom stereocenters. The van der Waals surface area contributed by atoms with E-state index in [0.29, 0.717) is 115 Å². The van der Waals surface area contributed by atoms with Gasteiger partial charge in [0.2, 0.25) is 35.4 Å². The Morgan fingerprint density at radius 3 is 1.10 bits per heavy atom. The molecular formula is C95H123N17O10S3. The number of piperidine rings is 4. The normalized spacial score (nSPS) is 20.8. The number of thioether (sulfide) groups is 3. The average molecular weight is 1760 g/mol. The zero-order chi connectivity index (χ0) is 87.1. The van der Waals surface area contributed by atoms with E-state index in [2.05, 4.69) is 95.7 Å². The van der Waals surface area contributed by atoms with E-state index in [0.717, 1.165) is 112 Å². The van der Waals surface area contributed by atoms with Gasteiger partial charge in [-0.25, -0.2) is 24.0 Å². The Morgan fingerprint density at radius 1 is 0.408 bits per heavy atom. The van der Waals surface area contributed by atoms with Gasteiger partial charge in [0.15, 0.2) is 0 Å². The molecule has 4 N–H and O–H groups in total. The minimum atomic E-state index is -0.431. The Labute approximate surface area is 746 Å². The van der Waals surface area contributed by atoms with Crippen LogP contribution in [-0.2, 0) is 28.8 Å². The summed E-state index contributed by atoms with van der Waals surface area (Å²) in [7, 11) is 0. The van der Waals surface area contributed by atoms with Gasteiger partial charge in [0.1, 0.15) is 16.1 Å². The zero-order valence-electron chi connectivity index (χ0n) is 72.1. The van der Waals surface area contributed by atoms with Crippen LogP contribution in [0.15, 0.2) is 197 Å². The van der Waals surface area contributed by atoms with E-state index in [-0.39, 0.29) is 118 Å². The summed E-state index contributed by atoms with van der Waals surface area (Å²) in [6.07, 6.45) is 17.8. The molecule has 0 aliphatic carbocycles. The maximum absolute atomic E-state index is 13.9. The highest BCUT2D eigenvalue weighted by molar-refractivity contribution is 8.01. The van der Waals surface area contributed by atoms with Crippen LogP contribution in [0.25, 0.3) is 44.5 Å². The Kier molecular flexibility index (Phi) is 27.6. The summed E-state index contributed by atoms with van der Waals surface area (Å²) >= 11 is 4.77. The Bertz CT molecular complexity index is 5570. The summed E-state index contributed by atoms with van der Waals surface area (Å²) in [5, 5.41) is 12.7. The topological polar surface area (TPSA) is 294 Å². The third-order valence-corrected chi connectivity index (χ3v) is 30.1. The lowest BCUT2D eigenvalue weighted by Gasteiger charge is -2.35. The molecule has 666 valence electrons. The van der Waals surface area contributed by atoms with Crippen LogP contribution in [0, 0.1) is 17.8 Å². The largest absolute Gasteiger partial charge is 0.393 e. The van der Waals surface area contributed by atoms with Crippen LogP contribution in [0.2, 0.25) is 0 Å². The van der Waals surface area contributed by atoms with Crippen molar-refractivity contribution in [3.05, 3.63) is 231 Å². The minimum Gasteiger partial charge on any atom is -0.393 e. The van der Waals surface area contributed by atoms with Crippen LogP contribution in [0.5, 0.6) is 0 Å². The lowest BCUT2D eigenvalue weighted by atomic mass is 10.0. The molecule has 30 heteroatoms. The van der Waals surface area contributed by atoms with E-state index < -0.39 is 15.7 Å². The second-order valence-electron chi connectivity index (χ2n) is 35.3. The molecule has 7 fully saturated rings. The number of imidazole rings is 4. The molecule has 0 spiro atoms. The van der Waals surface area contributed by atoms with Gasteiger partial charge in [0, 0.05) is 162 Å². The predicted octanol–water partition coefficient (Wildman–Crippen LogP) is 15.0. The first-order valence-electron chi connectivity index (χ1n) is 44.6. The quantitative estimate of drug-likeness (QED) is 0.0437. The van der Waals surface area contributed by atoms with Gasteiger partial charge >= 0.3 is 17.1 Å². The maximum Gasteiger partial charge on any atom is 0.326 e. The molecule has 5 aromatic heterocycles. The fourth-order valence-corrected chi connectivity index (χ4v) is 23.3. The highest BCUT2D eigenvalue weighted by Crippen LogP contribution is 2.51. The number of carbonyl (C=O) groups is 6. The fraction of sp³-hybridized carbons (Fsp3) is 0.463. The van der Waals surface area contributed by atoms with Crippen LogP contribution in [-0.4, -0.2) is 212 Å². The van der Waals surface area contributed by atoms with E-state index >= 15 is 0 Å². The molecule has 6 atom stereocenters. The number of aromatic nitrogens is 10. The van der Waals surface area contributed by atoms with Gasteiger partial charge < -0.3 is 58.9 Å². The summed E-state index contributed by atoms with van der Waals surface area (Å²) in [5.41, 5.74) is 11.1. The van der Waals surface area contributed by atoms with E-state index in [1.165, 1.54) is 0 Å². The Hall–Kier alpha value is -10.8. The molecule has 7 aliphatic rings. The van der Waals surface area contributed by atoms with Crippen molar-refractivity contribution in [1.82, 2.24) is 77.4 Å². The van der Waals surface area contributed by atoms with Crippen LogP contribution in [0.4, 0.5) is 5.69 Å². The summed E-state index contributed by atoms with van der Waals surface area (Å²) in [6.45, 7) is 20.0. The number of carbonyl (C=O) groups excluding carboxylic acids is 6. The first-order chi connectivity index (χ1) is 60.6. The van der Waals surface area contributed by atoms with Crippen molar-refractivity contribution >= 4 is 110 Å². The van der Waals surface area contributed by atoms with Gasteiger partial charge in [0.05, 0.1) is 72.7 Å². The van der Waals surface area contributed by atoms with Crippen LogP contribution in [0.3, 0.4) is 0 Å². The van der Waals surface area contributed by atoms with E-state index in [4.69, 9.17) is 0 Å². The highest BCUT2D eigenvalue weighted by atomic mass is 32.2. The monoisotopic (exact) mass is 1760 g/mol. The van der Waals surface area contributed by atoms with E-state index in [1.807, 2.05) is 192 Å². The second kappa shape index (κ2) is 39.4. The number of benzene rings is 6. The molecule has 6 aromatic carbocycles. The molecule has 0 saturated carbocycles. The molecule has 7 saturated heterocycles. The highest BCUT2D eigenvalue weighted by Gasteiger charge is 2.47. The number of nitrogens with one attached hydrogen (secondary N) is 3. The van der Waals surface area contributed by atoms with Crippen molar-refractivity contribution in [1.29, 1.82) is 0 Å². The molecule has 0 bridgehead atoms. The first-order valence-corrected chi connectivity index (χ1v) is 47.4. The van der Waals surface area contributed by atoms with E-state index in [1.54, 1.807) is 54.0 Å². The molecule has 18 rings (SSSR count). The molecular weight excluding hydrogens is 1640 g/mol. The SMILES string of the molecule is CC(C)CCN1C(=O)C(CC(=O)N2CCC(n3c(=O)[nH]c4ccccc43)CC2)SC1c1ccccc1-n1cccn1.CC(C)CCN1C(=O)C(CC(=O)N2CCC(n3c(=O)[nH]c4ccccc43)CC2)SC1c1ccccc1-n1ccnc1.CC(C)CCN1C(=O)C(CC(=O)N2CCC(n3c(=O)[nH]c4ccccc43)CC2)S[C@H]1c1ccccc1N1CCC(O)CC1.[HH].[HH].[HH].[HH]. The van der Waals surface area contributed by atoms with Crippen LogP contribution >= 0.6 is 35.3 Å². The van der Waals surface area contributed by atoms with Crippen molar-refractivity contribution in [3.63, 3.8) is 0 Å². The van der Waals surface area contributed by atoms with Crippen molar-refractivity contribution in [2.75, 3.05) is 76.9 Å². The lowest BCUT2D eigenvalue weighted by molar-refractivity contribution is -0.136. The zero-order valence-corrected chi connectivity index (χ0v) is 74.6. The average Bonchev–Trinajstić information content (AvgIpc) is 1.78. The molecule has 125 heavy (non-hydrogen) atoms. The number of anilines is 1. The summed E-state index contributed by atoms with van der Waals surface area (Å²) < 4.78 is 9.32. The molecule has 7 aliphatic heterocycles. The number of likely N-dealkylation sites (tertiary alicyclic amines) is 3.